The number of benzene rings is 1. The van der Waals surface area contributed by atoms with Gasteiger partial charge < -0.3 is 9.64 Å². The zero-order valence-electron chi connectivity index (χ0n) is 9.57. The molecule has 0 aliphatic carbocycles. The first-order valence-electron chi connectivity index (χ1n) is 5.68. The normalized spacial score (nSPS) is 17.2. The molecule has 1 aromatic rings. The molecular formula is C13H17N2O. The minimum Gasteiger partial charge on any atom is -0.490 e. The number of nitrogens with one attached hydrogen (secondary N) is 1. The van der Waals surface area contributed by atoms with Gasteiger partial charge in [-0.25, -0.2) is 0 Å². The Bertz CT molecular complexity index is 342. The average Bonchev–Trinajstić information content (AvgIpc) is 2.31. The highest BCUT2D eigenvalue weighted by molar-refractivity contribution is 5.76. The molecule has 3 nitrogen and oxygen atoms in total. The van der Waals surface area contributed by atoms with Crippen molar-refractivity contribution in [1.82, 2.24) is 4.90 Å². The van der Waals surface area contributed by atoms with E-state index in [0.717, 1.165) is 31.7 Å². The topological polar surface area (TPSA) is 36.3 Å². The minimum atomic E-state index is 0.290. The van der Waals surface area contributed by atoms with E-state index in [-0.39, 0.29) is 6.10 Å². The summed E-state index contributed by atoms with van der Waals surface area (Å²) in [4.78, 5) is 2.10. The summed E-state index contributed by atoms with van der Waals surface area (Å²) >= 11 is 0. The summed E-state index contributed by atoms with van der Waals surface area (Å²) in [7, 11) is 0. The van der Waals surface area contributed by atoms with E-state index in [1.165, 1.54) is 0 Å². The van der Waals surface area contributed by atoms with Crippen LogP contribution in [0.2, 0.25) is 0 Å². The molecule has 3 heteroatoms. The summed E-state index contributed by atoms with van der Waals surface area (Å²) < 4.78 is 5.87. The fraction of sp³-hybridized carbons (Fsp3) is 0.462. The third kappa shape index (κ3) is 2.75. The predicted octanol–water partition coefficient (Wildman–Crippen LogP) is 2.33. The van der Waals surface area contributed by atoms with Gasteiger partial charge in [-0.05, 0) is 25.1 Å². The van der Waals surface area contributed by atoms with Crippen molar-refractivity contribution >= 4 is 5.84 Å². The molecular weight excluding hydrogens is 200 g/mol. The number of rotatable bonds is 2. The maximum absolute atomic E-state index is 7.56. The van der Waals surface area contributed by atoms with Crippen molar-refractivity contribution in [3.05, 3.63) is 30.3 Å². The van der Waals surface area contributed by atoms with Gasteiger partial charge in [-0.2, -0.15) is 0 Å². The van der Waals surface area contributed by atoms with Gasteiger partial charge in [-0.15, -0.1) is 0 Å². The second kappa shape index (κ2) is 5.01. The molecule has 0 aromatic heterocycles. The van der Waals surface area contributed by atoms with Crippen LogP contribution >= 0.6 is 0 Å². The summed E-state index contributed by atoms with van der Waals surface area (Å²) in [6, 6.07) is 10.6. The zero-order valence-corrected chi connectivity index (χ0v) is 9.57. The predicted molar refractivity (Wildman–Crippen MR) is 63.9 cm³/mol. The number of ether oxygens (including phenoxy) is 1. The standard InChI is InChI=1S/C13H17N2O/c1-11(14)15-9-7-13(8-10-15)16-12-5-3-2-4-6-12/h3-6,13-14H,7-10H2,1H3. The van der Waals surface area contributed by atoms with Crippen molar-refractivity contribution in [2.24, 2.45) is 0 Å². The van der Waals surface area contributed by atoms with Crippen molar-refractivity contribution < 1.29 is 4.74 Å². The fourth-order valence-electron chi connectivity index (χ4n) is 1.95. The van der Waals surface area contributed by atoms with E-state index in [0.29, 0.717) is 5.84 Å². The Kier molecular flexibility index (Phi) is 3.44. The second-order valence-corrected chi connectivity index (χ2v) is 4.13. The molecule has 1 radical (unpaired) electrons. The lowest BCUT2D eigenvalue weighted by atomic mass is 10.1. The first-order valence-corrected chi connectivity index (χ1v) is 5.68. The van der Waals surface area contributed by atoms with Crippen molar-refractivity contribution in [2.45, 2.75) is 25.9 Å². The quantitative estimate of drug-likeness (QED) is 0.609. The molecule has 1 aliphatic heterocycles. The molecule has 2 rings (SSSR count). The lowest BCUT2D eigenvalue weighted by molar-refractivity contribution is 0.130. The van der Waals surface area contributed by atoms with Crippen LogP contribution < -0.4 is 4.74 Å². The zero-order chi connectivity index (χ0) is 11.4. The smallest absolute Gasteiger partial charge is 0.119 e. The first kappa shape index (κ1) is 11.0. The molecule has 0 unspecified atom stereocenters. The molecule has 1 heterocycles. The number of nitrogens with zero attached hydrogens (tertiary/aromatic N) is 1. The van der Waals surface area contributed by atoms with Crippen LogP contribution in [-0.4, -0.2) is 29.9 Å². The van der Waals surface area contributed by atoms with Crippen LogP contribution in [0.15, 0.2) is 24.3 Å². The molecule has 0 spiro atoms. The Morgan fingerprint density at radius 2 is 2.00 bits per heavy atom. The lowest BCUT2D eigenvalue weighted by Crippen LogP contribution is -2.40. The van der Waals surface area contributed by atoms with Crippen LogP contribution in [0, 0.1) is 11.5 Å². The van der Waals surface area contributed by atoms with Crippen molar-refractivity contribution in [2.75, 3.05) is 13.1 Å². The van der Waals surface area contributed by atoms with Crippen LogP contribution in [-0.2, 0) is 0 Å². The number of piperidine rings is 1. The van der Waals surface area contributed by atoms with Crippen LogP contribution in [0.1, 0.15) is 19.8 Å². The largest absolute Gasteiger partial charge is 0.490 e. The van der Waals surface area contributed by atoms with Gasteiger partial charge in [0.1, 0.15) is 11.9 Å². The maximum atomic E-state index is 7.56. The highest BCUT2D eigenvalue weighted by Gasteiger charge is 2.20. The number of likely N-dealkylation sites (tertiary alicyclic amines) is 1. The third-order valence-electron chi connectivity index (χ3n) is 2.91. The van der Waals surface area contributed by atoms with E-state index in [4.69, 9.17) is 10.1 Å². The maximum Gasteiger partial charge on any atom is 0.119 e. The van der Waals surface area contributed by atoms with Crippen LogP contribution in [0.25, 0.3) is 0 Å². The Labute approximate surface area is 96.5 Å². The van der Waals surface area contributed by atoms with E-state index >= 15 is 0 Å². The monoisotopic (exact) mass is 217 g/mol. The molecule has 0 atom stereocenters. The molecule has 1 fully saturated rings. The summed E-state index contributed by atoms with van der Waals surface area (Å²) in [5.41, 5.74) is 0. The van der Waals surface area contributed by atoms with Gasteiger partial charge in [-0.1, -0.05) is 12.1 Å². The van der Waals surface area contributed by atoms with Gasteiger partial charge in [0.15, 0.2) is 0 Å². The van der Waals surface area contributed by atoms with E-state index in [9.17, 15) is 0 Å². The highest BCUT2D eigenvalue weighted by atomic mass is 16.5. The molecule has 85 valence electrons. The van der Waals surface area contributed by atoms with E-state index in [1.54, 1.807) is 0 Å². The van der Waals surface area contributed by atoms with Gasteiger partial charge in [0.25, 0.3) is 0 Å². The molecule has 0 bridgehead atoms. The lowest BCUT2D eigenvalue weighted by Gasteiger charge is -2.32. The van der Waals surface area contributed by atoms with E-state index in [1.807, 2.05) is 31.2 Å². The summed E-state index contributed by atoms with van der Waals surface area (Å²) in [5.74, 6) is 1.58. The molecule has 0 amide bonds. The molecule has 1 saturated heterocycles. The van der Waals surface area contributed by atoms with Gasteiger partial charge in [0.2, 0.25) is 0 Å². The van der Waals surface area contributed by atoms with Gasteiger partial charge in [0, 0.05) is 25.9 Å². The highest BCUT2D eigenvalue weighted by Crippen LogP contribution is 2.18. The SMILES string of the molecule is CC(=N)N1CCC(Oc2cc[c]cc2)CC1. The van der Waals surface area contributed by atoms with Crippen molar-refractivity contribution in [3.63, 3.8) is 0 Å². The van der Waals surface area contributed by atoms with Gasteiger partial charge >= 0.3 is 0 Å². The van der Waals surface area contributed by atoms with E-state index < -0.39 is 0 Å². The number of amidine groups is 1. The third-order valence-corrected chi connectivity index (χ3v) is 2.91. The fourth-order valence-corrected chi connectivity index (χ4v) is 1.95. The second-order valence-electron chi connectivity index (χ2n) is 4.13. The Balaban J connectivity index is 1.84. The van der Waals surface area contributed by atoms with E-state index in [2.05, 4.69) is 11.0 Å². The molecule has 0 saturated carbocycles. The summed E-state index contributed by atoms with van der Waals surface area (Å²) in [6.07, 6.45) is 2.28. The molecule has 1 aromatic carbocycles. The Hall–Kier alpha value is -1.51. The molecule has 1 N–H and O–H groups in total. The number of hydrogen-bond donors (Lipinski definition) is 1. The number of hydrogen-bond acceptors (Lipinski definition) is 2. The Morgan fingerprint density at radius 1 is 1.38 bits per heavy atom. The van der Waals surface area contributed by atoms with Gasteiger partial charge in [-0.3, -0.25) is 5.41 Å². The first-order chi connectivity index (χ1) is 7.75. The van der Waals surface area contributed by atoms with Crippen LogP contribution in [0.3, 0.4) is 0 Å². The van der Waals surface area contributed by atoms with Crippen LogP contribution in [0.4, 0.5) is 0 Å². The van der Waals surface area contributed by atoms with Gasteiger partial charge in [0.05, 0.1) is 5.84 Å². The summed E-state index contributed by atoms with van der Waals surface area (Å²) in [5, 5.41) is 7.56. The van der Waals surface area contributed by atoms with Crippen LogP contribution in [0.5, 0.6) is 5.75 Å². The minimum absolute atomic E-state index is 0.290. The van der Waals surface area contributed by atoms with Crippen molar-refractivity contribution in [1.29, 1.82) is 5.41 Å². The molecule has 16 heavy (non-hydrogen) atoms. The average molecular weight is 217 g/mol. The van der Waals surface area contributed by atoms with Crippen molar-refractivity contribution in [3.8, 4) is 5.75 Å². The summed E-state index contributed by atoms with van der Waals surface area (Å²) in [6.45, 7) is 3.70. The Morgan fingerprint density at radius 3 is 2.56 bits per heavy atom. The molecule has 1 aliphatic rings.